The van der Waals surface area contributed by atoms with Gasteiger partial charge in [0, 0.05) is 18.6 Å². The minimum atomic E-state index is -4.81. The van der Waals surface area contributed by atoms with Crippen LogP contribution in [0.25, 0.3) is 0 Å². The quantitative estimate of drug-likeness (QED) is 0.442. The zero-order valence-corrected chi connectivity index (χ0v) is 5.27. The molecule has 0 saturated heterocycles. The van der Waals surface area contributed by atoms with Crippen LogP contribution in [0.2, 0.25) is 0 Å². The molecule has 0 aliphatic heterocycles. The molecule has 0 spiro atoms. The van der Waals surface area contributed by atoms with Gasteiger partial charge in [-0.2, -0.15) is 0 Å². The first-order valence-electron chi connectivity index (χ1n) is 0.919. The summed E-state index contributed by atoms with van der Waals surface area (Å²) in [5, 5.41) is 0. The van der Waals surface area contributed by atoms with Gasteiger partial charge < -0.3 is 9.79 Å². The molecule has 0 aromatic heterocycles. The Bertz CT molecular complexity index is 80.1. The van der Waals surface area contributed by atoms with Crippen LogP contribution in [0.4, 0.5) is 4.53 Å². The summed E-state index contributed by atoms with van der Waals surface area (Å²) in [6.45, 7) is 0. The van der Waals surface area contributed by atoms with Gasteiger partial charge in [0.05, 0.1) is 0 Å². The average molecular weight is 207 g/mol. The molecular formula is H3FKO4PV. The fourth-order valence-corrected chi connectivity index (χ4v) is 0. The van der Waals surface area contributed by atoms with Crippen molar-refractivity contribution in [1.29, 1.82) is 0 Å². The molecule has 1 radical (unpaired) electrons. The summed E-state index contributed by atoms with van der Waals surface area (Å²) >= 11 is 0. The average Bonchev–Trinajstić information content (AvgIpc) is 1.35. The second-order valence-electron chi connectivity index (χ2n) is 0.560. The maximum atomic E-state index is 10.2. The number of rotatable bonds is 1. The molecule has 4 nitrogen and oxygen atoms in total. The van der Waals surface area contributed by atoms with Gasteiger partial charge >= 0.3 is 59.2 Å². The molecule has 0 aromatic carbocycles. The van der Waals surface area contributed by atoms with Gasteiger partial charge in [0.15, 0.2) is 0 Å². The van der Waals surface area contributed by atoms with E-state index in [-0.39, 0.29) is 69.9 Å². The van der Waals surface area contributed by atoms with Gasteiger partial charge in [0.25, 0.3) is 0 Å². The van der Waals surface area contributed by atoms with E-state index in [0.29, 0.717) is 0 Å². The monoisotopic (exact) mass is 207 g/mol. The molecule has 0 atom stereocenters. The zero-order valence-electron chi connectivity index (χ0n) is 2.98. The van der Waals surface area contributed by atoms with E-state index in [2.05, 4.69) is 4.73 Å². The smallest absolute Gasteiger partial charge is 0 e. The summed E-state index contributed by atoms with van der Waals surface area (Å²) in [6.07, 6.45) is 0. The van der Waals surface area contributed by atoms with E-state index in [1.54, 1.807) is 0 Å². The molecule has 8 heteroatoms. The first-order chi connectivity index (χ1) is 2.56. The standard InChI is InChI=1S/FH2O4P.K.V.H/c1-5-6(2,3)4;;;/h(H2,2,3,4);;;. The van der Waals surface area contributed by atoms with Crippen molar-refractivity contribution in [3.05, 3.63) is 0 Å². The van der Waals surface area contributed by atoms with Crippen molar-refractivity contribution in [3.8, 4) is 0 Å². The Kier molecular flexibility index (Phi) is 15.4. The molecule has 0 bridgehead atoms. The minimum absolute atomic E-state index is 0. The van der Waals surface area contributed by atoms with Crippen molar-refractivity contribution >= 4 is 59.2 Å². The van der Waals surface area contributed by atoms with Crippen LogP contribution in [0.1, 0.15) is 0 Å². The molecule has 0 aromatic rings. The first-order valence-corrected chi connectivity index (χ1v) is 2.45. The van der Waals surface area contributed by atoms with E-state index in [0.717, 1.165) is 0 Å². The van der Waals surface area contributed by atoms with E-state index in [4.69, 9.17) is 14.4 Å². The first kappa shape index (κ1) is 16.7. The number of hydrogen-bond acceptors (Lipinski definition) is 2. The second kappa shape index (κ2) is 7.37. The van der Waals surface area contributed by atoms with E-state index >= 15 is 0 Å². The van der Waals surface area contributed by atoms with Crippen molar-refractivity contribution in [2.75, 3.05) is 0 Å². The molecular weight excluding hydrogens is 204 g/mol. The van der Waals surface area contributed by atoms with Crippen LogP contribution in [0, 0.1) is 0 Å². The molecule has 2 N–H and O–H groups in total. The van der Waals surface area contributed by atoms with E-state index in [1.165, 1.54) is 0 Å². The summed E-state index contributed by atoms with van der Waals surface area (Å²) in [4.78, 5) is 14.7. The predicted octanol–water partition coefficient (Wildman–Crippen LogP) is -0.671. The van der Waals surface area contributed by atoms with Gasteiger partial charge in [-0.15, -0.1) is 0 Å². The number of hydrogen-bond donors (Lipinski definition) is 2. The predicted molar refractivity (Wildman–Crippen MR) is 21.4 cm³/mol. The molecule has 0 rings (SSSR count). The van der Waals surface area contributed by atoms with Crippen LogP contribution in [0.3, 0.4) is 0 Å². The molecule has 45 valence electrons. The summed E-state index contributed by atoms with van der Waals surface area (Å²) < 4.78 is 21.4. The SMILES string of the molecule is O=P(O)(O)OF.[KH].[V]. The fraction of sp³-hybridized carbons (Fsp3) is 0. The van der Waals surface area contributed by atoms with Crippen molar-refractivity contribution in [3.63, 3.8) is 0 Å². The third-order valence-electron chi connectivity index (χ3n) is 0.0899. The second-order valence-corrected chi connectivity index (χ2v) is 1.68. The van der Waals surface area contributed by atoms with Gasteiger partial charge in [-0.05, 0) is 4.53 Å². The van der Waals surface area contributed by atoms with Crippen molar-refractivity contribution in [2.45, 2.75) is 0 Å². The van der Waals surface area contributed by atoms with Crippen LogP contribution in [-0.2, 0) is 27.8 Å². The summed E-state index contributed by atoms with van der Waals surface area (Å²) in [5.74, 6) is 0. The maximum Gasteiger partial charge on any atom is 0 e. The minimum Gasteiger partial charge on any atom is 0 e. The summed E-state index contributed by atoms with van der Waals surface area (Å²) in [7, 11) is -4.81. The Balaban J connectivity index is -0.000000125. The van der Waals surface area contributed by atoms with Crippen LogP contribution < -0.4 is 0 Å². The summed E-state index contributed by atoms with van der Waals surface area (Å²) in [5.41, 5.74) is 0. The molecule has 0 heterocycles. The molecule has 8 heavy (non-hydrogen) atoms. The van der Waals surface area contributed by atoms with Crippen LogP contribution in [0.5, 0.6) is 0 Å². The molecule has 0 aliphatic carbocycles. The zero-order chi connectivity index (χ0) is 5.21. The third-order valence-corrected chi connectivity index (χ3v) is 0.270. The topological polar surface area (TPSA) is 66.8 Å². The van der Waals surface area contributed by atoms with Gasteiger partial charge in [-0.3, -0.25) is 0 Å². The molecule has 0 amide bonds. The van der Waals surface area contributed by atoms with Gasteiger partial charge in [0.2, 0.25) is 0 Å². The Morgan fingerprint density at radius 1 is 1.50 bits per heavy atom. The third kappa shape index (κ3) is 15.7. The van der Waals surface area contributed by atoms with Crippen LogP contribution in [-0.4, -0.2) is 61.2 Å². The maximum absolute atomic E-state index is 10.2. The molecule has 0 fully saturated rings. The fourth-order valence-electron chi connectivity index (χ4n) is 0. The van der Waals surface area contributed by atoms with E-state index in [9.17, 15) is 4.53 Å². The van der Waals surface area contributed by atoms with E-state index in [1.807, 2.05) is 0 Å². The molecule has 0 saturated carbocycles. The Morgan fingerprint density at radius 3 is 1.62 bits per heavy atom. The number of phosphoric acid groups is 1. The Hall–Kier alpha value is 2.26. The van der Waals surface area contributed by atoms with Gasteiger partial charge in [-0.1, -0.05) is 4.73 Å². The van der Waals surface area contributed by atoms with Crippen molar-refractivity contribution in [2.24, 2.45) is 0 Å². The molecule has 0 aliphatic rings. The normalized spacial score (nSPS) is 8.88. The largest absolute Gasteiger partial charge is 0 e. The number of halogens is 1. The van der Waals surface area contributed by atoms with Crippen LogP contribution >= 0.6 is 7.82 Å². The molecule has 0 unspecified atom stereocenters. The van der Waals surface area contributed by atoms with Gasteiger partial charge in [-0.25, -0.2) is 4.57 Å². The van der Waals surface area contributed by atoms with Gasteiger partial charge in [0.1, 0.15) is 0 Å². The van der Waals surface area contributed by atoms with Crippen LogP contribution in [0.15, 0.2) is 0 Å². The Morgan fingerprint density at radius 2 is 1.62 bits per heavy atom. The van der Waals surface area contributed by atoms with Crippen molar-refractivity contribution in [1.82, 2.24) is 0 Å². The Labute approximate surface area is 99.6 Å². The summed E-state index contributed by atoms with van der Waals surface area (Å²) in [6, 6.07) is 0. The van der Waals surface area contributed by atoms with E-state index < -0.39 is 7.82 Å². The van der Waals surface area contributed by atoms with Crippen molar-refractivity contribution < 1.29 is 42.2 Å².